The van der Waals surface area contributed by atoms with Crippen molar-refractivity contribution in [3.8, 4) is 5.75 Å². The molecule has 0 radical (unpaired) electrons. The van der Waals surface area contributed by atoms with Crippen LogP contribution in [-0.4, -0.2) is 25.1 Å². The number of amides is 1. The van der Waals surface area contributed by atoms with Gasteiger partial charge in [-0.1, -0.05) is 19.9 Å². The third-order valence-corrected chi connectivity index (χ3v) is 4.00. The summed E-state index contributed by atoms with van der Waals surface area (Å²) in [6, 6.07) is 6.18. The molecule has 4 heteroatoms. The Hall–Kier alpha value is -1.55. The molecule has 0 saturated heterocycles. The maximum absolute atomic E-state index is 12.0. The molecule has 0 saturated carbocycles. The minimum atomic E-state index is 0.0597. The van der Waals surface area contributed by atoms with E-state index in [2.05, 4.69) is 26.0 Å². The zero-order valence-corrected chi connectivity index (χ0v) is 13.3. The standard InChI is InChI=1S/C17H26N2O2/c1-12(2)17-11-19(13(3)20)15-10-14(6-4-5-9-18)7-8-16(15)21-17/h7-8,10,12,17H,4-6,9,11,18H2,1-3H3. The lowest BCUT2D eigenvalue weighted by Crippen LogP contribution is -2.44. The summed E-state index contributed by atoms with van der Waals surface area (Å²) >= 11 is 0. The SMILES string of the molecule is CC(=O)N1CC(C(C)C)Oc2ccc(CCCCN)cc21. The van der Waals surface area contributed by atoms with Gasteiger partial charge in [0.25, 0.3) is 0 Å². The number of nitrogens with zero attached hydrogens (tertiary/aromatic N) is 1. The molecule has 1 aromatic rings. The van der Waals surface area contributed by atoms with E-state index in [0.717, 1.165) is 37.2 Å². The molecule has 4 nitrogen and oxygen atoms in total. The van der Waals surface area contributed by atoms with Gasteiger partial charge in [0.1, 0.15) is 11.9 Å². The van der Waals surface area contributed by atoms with Crippen molar-refractivity contribution in [3.63, 3.8) is 0 Å². The largest absolute Gasteiger partial charge is 0.486 e. The molecule has 1 atom stereocenters. The Balaban J connectivity index is 2.23. The number of hydrogen-bond acceptors (Lipinski definition) is 3. The summed E-state index contributed by atoms with van der Waals surface area (Å²) in [4.78, 5) is 13.8. The molecule has 1 aliphatic rings. The van der Waals surface area contributed by atoms with Gasteiger partial charge in [0, 0.05) is 6.92 Å². The van der Waals surface area contributed by atoms with E-state index in [0.29, 0.717) is 12.5 Å². The second-order valence-corrected chi connectivity index (χ2v) is 6.08. The molecule has 0 aliphatic carbocycles. The molecule has 116 valence electrons. The number of ether oxygens (including phenoxy) is 1. The number of rotatable bonds is 5. The molecule has 21 heavy (non-hydrogen) atoms. The predicted molar refractivity (Wildman–Crippen MR) is 85.7 cm³/mol. The highest BCUT2D eigenvalue weighted by Crippen LogP contribution is 2.36. The lowest BCUT2D eigenvalue weighted by atomic mass is 10.0. The van der Waals surface area contributed by atoms with Crippen LogP contribution in [0.25, 0.3) is 0 Å². The normalized spacial score (nSPS) is 17.6. The maximum atomic E-state index is 12.0. The van der Waals surface area contributed by atoms with Crippen LogP contribution >= 0.6 is 0 Å². The van der Waals surface area contributed by atoms with Crippen molar-refractivity contribution in [1.29, 1.82) is 0 Å². The minimum Gasteiger partial charge on any atom is -0.486 e. The van der Waals surface area contributed by atoms with Crippen LogP contribution in [0.3, 0.4) is 0 Å². The summed E-state index contributed by atoms with van der Waals surface area (Å²) in [6.45, 7) is 7.22. The van der Waals surface area contributed by atoms with Gasteiger partial charge in [-0.15, -0.1) is 0 Å². The van der Waals surface area contributed by atoms with Gasteiger partial charge in [-0.3, -0.25) is 4.79 Å². The smallest absolute Gasteiger partial charge is 0.224 e. The van der Waals surface area contributed by atoms with Gasteiger partial charge in [0.15, 0.2) is 0 Å². The Morgan fingerprint density at radius 3 is 2.81 bits per heavy atom. The number of unbranched alkanes of at least 4 members (excludes halogenated alkanes) is 1. The van der Waals surface area contributed by atoms with E-state index >= 15 is 0 Å². The van der Waals surface area contributed by atoms with Gasteiger partial charge in [-0.05, 0) is 49.4 Å². The highest BCUT2D eigenvalue weighted by atomic mass is 16.5. The number of carbonyl (C=O) groups excluding carboxylic acids is 1. The zero-order chi connectivity index (χ0) is 15.4. The Morgan fingerprint density at radius 2 is 2.19 bits per heavy atom. The van der Waals surface area contributed by atoms with E-state index in [1.165, 1.54) is 5.56 Å². The summed E-state index contributed by atoms with van der Waals surface area (Å²) in [5.41, 5.74) is 7.68. The van der Waals surface area contributed by atoms with Crippen molar-refractivity contribution in [2.24, 2.45) is 11.7 Å². The lowest BCUT2D eigenvalue weighted by Gasteiger charge is -2.36. The first-order valence-corrected chi connectivity index (χ1v) is 7.80. The molecular weight excluding hydrogens is 264 g/mol. The van der Waals surface area contributed by atoms with E-state index in [4.69, 9.17) is 10.5 Å². The molecule has 1 aliphatic heterocycles. The van der Waals surface area contributed by atoms with Gasteiger partial charge in [-0.2, -0.15) is 0 Å². The van der Waals surface area contributed by atoms with Crippen molar-refractivity contribution in [3.05, 3.63) is 23.8 Å². The number of aryl methyl sites for hydroxylation is 1. The molecule has 1 amide bonds. The molecule has 1 aromatic carbocycles. The van der Waals surface area contributed by atoms with Gasteiger partial charge in [0.2, 0.25) is 5.91 Å². The second-order valence-electron chi connectivity index (χ2n) is 6.08. The zero-order valence-electron chi connectivity index (χ0n) is 13.3. The number of nitrogens with two attached hydrogens (primary N) is 1. The fraction of sp³-hybridized carbons (Fsp3) is 0.588. The monoisotopic (exact) mass is 290 g/mol. The van der Waals surface area contributed by atoms with Crippen molar-refractivity contribution in [2.45, 2.75) is 46.1 Å². The number of carbonyl (C=O) groups is 1. The average Bonchev–Trinajstić information content (AvgIpc) is 2.46. The van der Waals surface area contributed by atoms with Gasteiger partial charge in [0.05, 0.1) is 12.2 Å². The molecule has 2 N–H and O–H groups in total. The number of anilines is 1. The summed E-state index contributed by atoms with van der Waals surface area (Å²) in [5.74, 6) is 1.27. The van der Waals surface area contributed by atoms with Crippen molar-refractivity contribution >= 4 is 11.6 Å². The van der Waals surface area contributed by atoms with Gasteiger partial charge < -0.3 is 15.4 Å². The van der Waals surface area contributed by atoms with Crippen molar-refractivity contribution < 1.29 is 9.53 Å². The number of fused-ring (bicyclic) bond motifs is 1. The molecule has 1 heterocycles. The fourth-order valence-corrected chi connectivity index (χ4v) is 2.63. The molecule has 1 unspecified atom stereocenters. The summed E-state index contributed by atoms with van der Waals surface area (Å²) in [5, 5.41) is 0. The summed E-state index contributed by atoms with van der Waals surface area (Å²) < 4.78 is 6.04. The van der Waals surface area contributed by atoms with Gasteiger partial charge in [-0.25, -0.2) is 0 Å². The van der Waals surface area contributed by atoms with E-state index in [1.807, 2.05) is 11.0 Å². The van der Waals surface area contributed by atoms with E-state index in [1.54, 1.807) is 6.92 Å². The third kappa shape index (κ3) is 3.76. The minimum absolute atomic E-state index is 0.0597. The summed E-state index contributed by atoms with van der Waals surface area (Å²) in [7, 11) is 0. The number of hydrogen-bond donors (Lipinski definition) is 1. The first-order valence-electron chi connectivity index (χ1n) is 7.80. The van der Waals surface area contributed by atoms with Crippen LogP contribution < -0.4 is 15.4 Å². The molecule has 0 aromatic heterocycles. The molecule has 0 fully saturated rings. The van der Waals surface area contributed by atoms with Crippen LogP contribution in [0.2, 0.25) is 0 Å². The predicted octanol–water partition coefficient (Wildman–Crippen LogP) is 2.74. The van der Waals surface area contributed by atoms with Crippen LogP contribution in [0.1, 0.15) is 39.2 Å². The quantitative estimate of drug-likeness (QED) is 0.848. The van der Waals surface area contributed by atoms with Gasteiger partial charge >= 0.3 is 0 Å². The fourth-order valence-electron chi connectivity index (χ4n) is 2.63. The van der Waals surface area contributed by atoms with Crippen LogP contribution in [0, 0.1) is 5.92 Å². The van der Waals surface area contributed by atoms with Crippen molar-refractivity contribution in [1.82, 2.24) is 0 Å². The Labute approximate surface area is 127 Å². The Kier molecular flexibility index (Phi) is 5.23. The first-order chi connectivity index (χ1) is 10.0. The maximum Gasteiger partial charge on any atom is 0.224 e. The average molecular weight is 290 g/mol. The van der Waals surface area contributed by atoms with Crippen LogP contribution in [0.15, 0.2) is 18.2 Å². The topological polar surface area (TPSA) is 55.6 Å². The van der Waals surface area contributed by atoms with E-state index < -0.39 is 0 Å². The Bertz CT molecular complexity index is 500. The first kappa shape index (κ1) is 15.8. The highest BCUT2D eigenvalue weighted by Gasteiger charge is 2.29. The molecular formula is C17H26N2O2. The van der Waals surface area contributed by atoms with E-state index in [9.17, 15) is 4.79 Å². The Morgan fingerprint density at radius 1 is 1.43 bits per heavy atom. The highest BCUT2D eigenvalue weighted by molar-refractivity contribution is 5.93. The van der Waals surface area contributed by atoms with E-state index in [-0.39, 0.29) is 12.0 Å². The number of benzene rings is 1. The third-order valence-electron chi connectivity index (χ3n) is 4.00. The lowest BCUT2D eigenvalue weighted by molar-refractivity contribution is -0.117. The van der Waals surface area contributed by atoms with Crippen LogP contribution in [0.4, 0.5) is 5.69 Å². The molecule has 0 spiro atoms. The van der Waals surface area contributed by atoms with Crippen LogP contribution in [-0.2, 0) is 11.2 Å². The molecule has 0 bridgehead atoms. The second kappa shape index (κ2) is 6.94. The van der Waals surface area contributed by atoms with Crippen LogP contribution in [0.5, 0.6) is 5.75 Å². The molecule has 2 rings (SSSR count). The van der Waals surface area contributed by atoms with Crippen molar-refractivity contribution in [2.75, 3.05) is 18.0 Å². The summed E-state index contributed by atoms with van der Waals surface area (Å²) in [6.07, 6.45) is 3.15.